The average molecular weight is 270 g/mol. The summed E-state index contributed by atoms with van der Waals surface area (Å²) < 4.78 is 32.4. The molecule has 3 atom stereocenters. The summed E-state index contributed by atoms with van der Waals surface area (Å²) in [6.45, 7) is 6.01. The van der Waals surface area contributed by atoms with Crippen LogP contribution in [0.2, 0.25) is 0 Å². The Hall–Kier alpha value is -1.04. The molecule has 1 aromatic carbocycles. The molecule has 0 aliphatic carbocycles. The summed E-state index contributed by atoms with van der Waals surface area (Å²) in [5, 5.41) is 0. The zero-order valence-corrected chi connectivity index (χ0v) is 11.3. The van der Waals surface area contributed by atoms with E-state index in [1.807, 2.05) is 13.8 Å². The van der Waals surface area contributed by atoms with Crippen molar-refractivity contribution in [1.29, 1.82) is 0 Å². The minimum atomic E-state index is -0.534. The fourth-order valence-corrected chi connectivity index (χ4v) is 2.61. The molecule has 2 rings (SSSR count). The standard InChI is InChI=1S/C14H20F2N2O/c1-9-6-18(7-10(2)19-9)8-14(17)12-5-11(15)3-4-13(12)16/h3-5,9-10,14H,6-8,17H2,1-2H3. The lowest BCUT2D eigenvalue weighted by Crippen LogP contribution is -2.47. The quantitative estimate of drug-likeness (QED) is 0.914. The number of halogens is 2. The average Bonchev–Trinajstić information content (AvgIpc) is 2.30. The number of benzene rings is 1. The molecule has 5 heteroatoms. The lowest BCUT2D eigenvalue weighted by atomic mass is 10.1. The Morgan fingerprint density at radius 1 is 1.32 bits per heavy atom. The van der Waals surface area contributed by atoms with Crippen LogP contribution in [0.15, 0.2) is 18.2 Å². The smallest absolute Gasteiger partial charge is 0.128 e. The second-order valence-electron chi connectivity index (χ2n) is 5.25. The van der Waals surface area contributed by atoms with E-state index in [0.29, 0.717) is 6.54 Å². The van der Waals surface area contributed by atoms with E-state index in [1.54, 1.807) is 0 Å². The van der Waals surface area contributed by atoms with Crippen LogP contribution in [-0.2, 0) is 4.74 Å². The van der Waals surface area contributed by atoms with Crippen LogP contribution in [-0.4, -0.2) is 36.7 Å². The van der Waals surface area contributed by atoms with Gasteiger partial charge in [-0.15, -0.1) is 0 Å². The first-order valence-corrected chi connectivity index (χ1v) is 6.54. The van der Waals surface area contributed by atoms with Crippen LogP contribution in [0, 0.1) is 11.6 Å². The third-order valence-electron chi connectivity index (χ3n) is 3.31. The first-order chi connectivity index (χ1) is 8.95. The SMILES string of the molecule is CC1CN(CC(N)c2cc(F)ccc2F)CC(C)O1. The molecule has 0 aromatic heterocycles. The van der Waals surface area contributed by atoms with E-state index in [1.165, 1.54) is 6.07 Å². The maximum absolute atomic E-state index is 13.6. The minimum Gasteiger partial charge on any atom is -0.373 e. The van der Waals surface area contributed by atoms with E-state index in [9.17, 15) is 8.78 Å². The number of hydrogen-bond donors (Lipinski definition) is 1. The second-order valence-corrected chi connectivity index (χ2v) is 5.25. The van der Waals surface area contributed by atoms with Crippen LogP contribution in [0.5, 0.6) is 0 Å². The predicted molar refractivity (Wildman–Crippen MR) is 69.7 cm³/mol. The van der Waals surface area contributed by atoms with Gasteiger partial charge in [0.05, 0.1) is 12.2 Å². The molecule has 0 bridgehead atoms. The van der Waals surface area contributed by atoms with Gasteiger partial charge in [-0.2, -0.15) is 0 Å². The zero-order chi connectivity index (χ0) is 14.0. The molecule has 1 aliphatic heterocycles. The molecular weight excluding hydrogens is 250 g/mol. The molecule has 1 saturated heterocycles. The summed E-state index contributed by atoms with van der Waals surface area (Å²) >= 11 is 0. The molecular formula is C14H20F2N2O. The number of morpholine rings is 1. The summed E-state index contributed by atoms with van der Waals surface area (Å²) in [5.74, 6) is -0.918. The summed E-state index contributed by atoms with van der Waals surface area (Å²) in [5.41, 5.74) is 6.23. The Morgan fingerprint density at radius 2 is 1.95 bits per heavy atom. The van der Waals surface area contributed by atoms with Gasteiger partial charge in [0.2, 0.25) is 0 Å². The largest absolute Gasteiger partial charge is 0.373 e. The summed E-state index contributed by atoms with van der Waals surface area (Å²) in [6.07, 6.45) is 0.265. The van der Waals surface area contributed by atoms with Crippen molar-refractivity contribution in [3.05, 3.63) is 35.4 Å². The molecule has 1 heterocycles. The third-order valence-corrected chi connectivity index (χ3v) is 3.31. The number of hydrogen-bond acceptors (Lipinski definition) is 3. The van der Waals surface area contributed by atoms with E-state index < -0.39 is 17.7 Å². The first kappa shape index (κ1) is 14.4. The first-order valence-electron chi connectivity index (χ1n) is 6.54. The van der Waals surface area contributed by atoms with Crippen LogP contribution < -0.4 is 5.73 Å². The highest BCUT2D eigenvalue weighted by Crippen LogP contribution is 2.19. The molecule has 1 aliphatic rings. The van der Waals surface area contributed by atoms with Crippen LogP contribution in [0.25, 0.3) is 0 Å². The van der Waals surface area contributed by atoms with E-state index >= 15 is 0 Å². The lowest BCUT2D eigenvalue weighted by molar-refractivity contribution is -0.0692. The maximum atomic E-state index is 13.6. The van der Waals surface area contributed by atoms with Crippen molar-refractivity contribution >= 4 is 0 Å². The van der Waals surface area contributed by atoms with Crippen LogP contribution in [0.3, 0.4) is 0 Å². The Labute approximate surface area is 112 Å². The second kappa shape index (κ2) is 5.94. The molecule has 0 saturated carbocycles. The summed E-state index contributed by atoms with van der Waals surface area (Å²) in [6, 6.07) is 2.86. The van der Waals surface area contributed by atoms with E-state index in [2.05, 4.69) is 4.90 Å². The number of rotatable bonds is 3. The van der Waals surface area contributed by atoms with Gasteiger partial charge < -0.3 is 10.5 Å². The van der Waals surface area contributed by atoms with Crippen LogP contribution >= 0.6 is 0 Å². The van der Waals surface area contributed by atoms with E-state index in [-0.39, 0.29) is 17.8 Å². The van der Waals surface area contributed by atoms with Gasteiger partial charge in [-0.05, 0) is 32.0 Å². The van der Waals surface area contributed by atoms with Gasteiger partial charge >= 0.3 is 0 Å². The van der Waals surface area contributed by atoms with Crippen molar-refractivity contribution < 1.29 is 13.5 Å². The maximum Gasteiger partial charge on any atom is 0.128 e. The predicted octanol–water partition coefficient (Wildman–Crippen LogP) is 2.07. The minimum absolute atomic E-state index is 0.133. The molecule has 19 heavy (non-hydrogen) atoms. The zero-order valence-electron chi connectivity index (χ0n) is 11.3. The normalized spacial score (nSPS) is 26.4. The Balaban J connectivity index is 2.04. The van der Waals surface area contributed by atoms with Crippen molar-refractivity contribution in [3.63, 3.8) is 0 Å². The highest BCUT2D eigenvalue weighted by Gasteiger charge is 2.24. The number of nitrogens with zero attached hydrogens (tertiary/aromatic N) is 1. The van der Waals surface area contributed by atoms with Crippen molar-refractivity contribution in [1.82, 2.24) is 4.90 Å². The van der Waals surface area contributed by atoms with E-state index in [4.69, 9.17) is 10.5 Å². The van der Waals surface area contributed by atoms with Gasteiger partial charge in [0.15, 0.2) is 0 Å². The van der Waals surface area contributed by atoms with Crippen molar-refractivity contribution in [2.75, 3.05) is 19.6 Å². The van der Waals surface area contributed by atoms with Gasteiger partial charge in [-0.3, -0.25) is 4.90 Å². The van der Waals surface area contributed by atoms with Crippen molar-refractivity contribution in [2.24, 2.45) is 5.73 Å². The van der Waals surface area contributed by atoms with Crippen molar-refractivity contribution in [2.45, 2.75) is 32.1 Å². The van der Waals surface area contributed by atoms with Crippen molar-refractivity contribution in [3.8, 4) is 0 Å². The summed E-state index contributed by atoms with van der Waals surface area (Å²) in [7, 11) is 0. The molecule has 2 N–H and O–H groups in total. The van der Waals surface area contributed by atoms with Crippen LogP contribution in [0.1, 0.15) is 25.5 Å². The fraction of sp³-hybridized carbons (Fsp3) is 0.571. The molecule has 3 unspecified atom stereocenters. The van der Waals surface area contributed by atoms with Gasteiger partial charge in [-0.25, -0.2) is 8.78 Å². The molecule has 0 amide bonds. The topological polar surface area (TPSA) is 38.5 Å². The van der Waals surface area contributed by atoms with Crippen LogP contribution in [0.4, 0.5) is 8.78 Å². The van der Waals surface area contributed by atoms with Gasteiger partial charge in [-0.1, -0.05) is 0 Å². The molecule has 106 valence electrons. The third kappa shape index (κ3) is 3.72. The van der Waals surface area contributed by atoms with E-state index in [0.717, 1.165) is 25.2 Å². The molecule has 1 fully saturated rings. The molecule has 1 aromatic rings. The number of nitrogens with two attached hydrogens (primary N) is 1. The fourth-order valence-electron chi connectivity index (χ4n) is 2.61. The van der Waals surface area contributed by atoms with Gasteiger partial charge in [0.1, 0.15) is 11.6 Å². The lowest BCUT2D eigenvalue weighted by Gasteiger charge is -2.36. The van der Waals surface area contributed by atoms with Gasteiger partial charge in [0.25, 0.3) is 0 Å². The monoisotopic (exact) mass is 270 g/mol. The summed E-state index contributed by atoms with van der Waals surface area (Å²) in [4.78, 5) is 2.13. The highest BCUT2D eigenvalue weighted by atomic mass is 19.1. The molecule has 0 radical (unpaired) electrons. The Bertz CT molecular complexity index is 431. The molecule has 0 spiro atoms. The van der Waals surface area contributed by atoms with Gasteiger partial charge in [0, 0.05) is 31.2 Å². The Morgan fingerprint density at radius 3 is 2.58 bits per heavy atom. The highest BCUT2D eigenvalue weighted by molar-refractivity contribution is 5.22. The Kier molecular flexibility index (Phi) is 4.50. The number of ether oxygens (including phenoxy) is 1. The molecule has 3 nitrogen and oxygen atoms in total.